The summed E-state index contributed by atoms with van der Waals surface area (Å²) in [6.07, 6.45) is 8.12. The van der Waals surface area contributed by atoms with Crippen molar-refractivity contribution in [3.05, 3.63) is 93.4 Å². The van der Waals surface area contributed by atoms with Gasteiger partial charge in [0.05, 0.1) is 10.6 Å². The minimum Gasteiger partial charge on any atom is -0.349 e. The molecule has 1 aliphatic rings. The highest BCUT2D eigenvalue weighted by Gasteiger charge is 2.19. The molecule has 0 radical (unpaired) electrons. The van der Waals surface area contributed by atoms with Crippen molar-refractivity contribution in [2.24, 2.45) is 0 Å². The first-order chi connectivity index (χ1) is 16.0. The molecule has 7 heteroatoms. The van der Waals surface area contributed by atoms with E-state index in [1.54, 1.807) is 66.9 Å². The van der Waals surface area contributed by atoms with Crippen molar-refractivity contribution < 1.29 is 9.59 Å². The number of aromatic nitrogens is 1. The summed E-state index contributed by atoms with van der Waals surface area (Å²) < 4.78 is 1.43. The van der Waals surface area contributed by atoms with Gasteiger partial charge < -0.3 is 10.6 Å². The summed E-state index contributed by atoms with van der Waals surface area (Å²) in [7, 11) is 0. The normalized spacial score (nSPS) is 14.3. The Morgan fingerprint density at radius 2 is 1.48 bits per heavy atom. The van der Waals surface area contributed by atoms with E-state index in [1.165, 1.54) is 17.4 Å². The third kappa shape index (κ3) is 5.52. The molecular weight excluding hydrogens is 438 g/mol. The molecule has 3 aromatic rings. The van der Waals surface area contributed by atoms with Gasteiger partial charge in [-0.05, 0) is 61.4 Å². The molecule has 33 heavy (non-hydrogen) atoms. The number of pyridine rings is 1. The number of hydrogen-bond acceptors (Lipinski definition) is 3. The summed E-state index contributed by atoms with van der Waals surface area (Å²) >= 11 is 6.09. The summed E-state index contributed by atoms with van der Waals surface area (Å²) in [4.78, 5) is 38.3. The van der Waals surface area contributed by atoms with Crippen LogP contribution >= 0.6 is 11.6 Å². The molecule has 0 spiro atoms. The van der Waals surface area contributed by atoms with Gasteiger partial charge in [-0.2, -0.15) is 0 Å². The van der Waals surface area contributed by atoms with Gasteiger partial charge in [0.15, 0.2) is 0 Å². The predicted molar refractivity (Wildman–Crippen MR) is 130 cm³/mol. The fraction of sp³-hybridized carbons (Fsp3) is 0.269. The third-order valence-electron chi connectivity index (χ3n) is 5.90. The fourth-order valence-electron chi connectivity index (χ4n) is 4.11. The van der Waals surface area contributed by atoms with Crippen LogP contribution in [0.3, 0.4) is 0 Å². The van der Waals surface area contributed by atoms with Crippen molar-refractivity contribution in [1.82, 2.24) is 9.88 Å². The molecule has 1 fully saturated rings. The SMILES string of the molecule is O=C(Nc1ccc(-n2cccc(C(=O)NC3CCCCCC3)c2=O)cc1)c1ccccc1Cl. The van der Waals surface area contributed by atoms with Crippen LogP contribution in [0.2, 0.25) is 5.02 Å². The number of carbonyl (C=O) groups is 2. The van der Waals surface area contributed by atoms with Crippen molar-refractivity contribution in [2.45, 2.75) is 44.6 Å². The number of nitrogens with one attached hydrogen (secondary N) is 2. The predicted octanol–water partition coefficient (Wildman–Crippen LogP) is 5.20. The molecular formula is C26H26ClN3O3. The zero-order chi connectivity index (χ0) is 23.2. The van der Waals surface area contributed by atoms with Gasteiger partial charge in [-0.3, -0.25) is 19.0 Å². The summed E-state index contributed by atoms with van der Waals surface area (Å²) in [5, 5.41) is 6.20. The quantitative estimate of drug-likeness (QED) is 0.510. The summed E-state index contributed by atoms with van der Waals surface area (Å²) in [5.41, 5.74) is 1.29. The van der Waals surface area contributed by atoms with Gasteiger partial charge in [-0.1, -0.05) is 49.4 Å². The number of anilines is 1. The Bertz CT molecular complexity index is 1200. The van der Waals surface area contributed by atoms with E-state index in [4.69, 9.17) is 11.6 Å². The summed E-state index contributed by atoms with van der Waals surface area (Å²) in [6.45, 7) is 0. The summed E-state index contributed by atoms with van der Waals surface area (Å²) in [6, 6.07) is 17.0. The maximum atomic E-state index is 13.0. The molecule has 2 N–H and O–H groups in total. The van der Waals surface area contributed by atoms with E-state index >= 15 is 0 Å². The van der Waals surface area contributed by atoms with Gasteiger partial charge in [0.25, 0.3) is 17.4 Å². The molecule has 6 nitrogen and oxygen atoms in total. The minimum atomic E-state index is -0.378. The number of amides is 2. The highest BCUT2D eigenvalue weighted by Crippen LogP contribution is 2.19. The summed E-state index contributed by atoms with van der Waals surface area (Å²) in [5.74, 6) is -0.646. The van der Waals surface area contributed by atoms with E-state index in [9.17, 15) is 14.4 Å². The molecule has 0 saturated heterocycles. The average molecular weight is 464 g/mol. The third-order valence-corrected chi connectivity index (χ3v) is 6.23. The molecule has 2 amide bonds. The second kappa shape index (κ2) is 10.5. The molecule has 0 atom stereocenters. The molecule has 0 bridgehead atoms. The van der Waals surface area contributed by atoms with Crippen LogP contribution in [0.1, 0.15) is 59.2 Å². The van der Waals surface area contributed by atoms with Crippen LogP contribution in [0.4, 0.5) is 5.69 Å². The highest BCUT2D eigenvalue weighted by molar-refractivity contribution is 6.34. The number of rotatable bonds is 5. The molecule has 1 aliphatic carbocycles. The van der Waals surface area contributed by atoms with Gasteiger partial charge in [0, 0.05) is 23.6 Å². The van der Waals surface area contributed by atoms with Crippen molar-refractivity contribution >= 4 is 29.1 Å². The Balaban J connectivity index is 1.49. The second-order valence-electron chi connectivity index (χ2n) is 8.24. The van der Waals surface area contributed by atoms with Gasteiger partial charge >= 0.3 is 0 Å². The zero-order valence-electron chi connectivity index (χ0n) is 18.2. The first-order valence-corrected chi connectivity index (χ1v) is 11.6. The molecule has 0 unspecified atom stereocenters. The molecule has 170 valence electrons. The number of carbonyl (C=O) groups excluding carboxylic acids is 2. The Labute approximate surface area is 197 Å². The van der Waals surface area contributed by atoms with Crippen molar-refractivity contribution in [3.8, 4) is 5.69 Å². The number of hydrogen-bond donors (Lipinski definition) is 2. The van der Waals surface area contributed by atoms with Crippen LogP contribution in [0.15, 0.2) is 71.7 Å². The van der Waals surface area contributed by atoms with Crippen LogP contribution in [0, 0.1) is 0 Å². The molecule has 1 heterocycles. The van der Waals surface area contributed by atoms with E-state index in [0.29, 0.717) is 22.0 Å². The average Bonchev–Trinajstić information content (AvgIpc) is 3.09. The molecule has 0 aliphatic heterocycles. The smallest absolute Gasteiger partial charge is 0.267 e. The lowest BCUT2D eigenvalue weighted by Crippen LogP contribution is -2.38. The maximum Gasteiger partial charge on any atom is 0.267 e. The lowest BCUT2D eigenvalue weighted by atomic mass is 10.1. The van der Waals surface area contributed by atoms with Gasteiger partial charge in [-0.25, -0.2) is 0 Å². The highest BCUT2D eigenvalue weighted by atomic mass is 35.5. The van der Waals surface area contributed by atoms with Crippen molar-refractivity contribution in [1.29, 1.82) is 0 Å². The number of nitrogens with zero attached hydrogens (tertiary/aromatic N) is 1. The lowest BCUT2D eigenvalue weighted by Gasteiger charge is -2.16. The van der Waals surface area contributed by atoms with E-state index in [2.05, 4.69) is 10.6 Å². The fourth-order valence-corrected chi connectivity index (χ4v) is 4.33. The molecule has 2 aromatic carbocycles. The zero-order valence-corrected chi connectivity index (χ0v) is 19.0. The van der Waals surface area contributed by atoms with Crippen molar-refractivity contribution in [3.63, 3.8) is 0 Å². The Kier molecular flexibility index (Phi) is 7.25. The van der Waals surface area contributed by atoms with Crippen molar-refractivity contribution in [2.75, 3.05) is 5.32 Å². The van der Waals surface area contributed by atoms with Gasteiger partial charge in [0.1, 0.15) is 5.56 Å². The molecule has 1 saturated carbocycles. The van der Waals surface area contributed by atoms with E-state index < -0.39 is 0 Å². The Morgan fingerprint density at radius 3 is 2.18 bits per heavy atom. The van der Waals surface area contributed by atoms with E-state index in [0.717, 1.165) is 25.7 Å². The first-order valence-electron chi connectivity index (χ1n) is 11.2. The Morgan fingerprint density at radius 1 is 0.818 bits per heavy atom. The van der Waals surface area contributed by atoms with Crippen LogP contribution in [0.5, 0.6) is 0 Å². The van der Waals surface area contributed by atoms with Gasteiger partial charge in [0.2, 0.25) is 0 Å². The van der Waals surface area contributed by atoms with Crippen LogP contribution in [0.25, 0.3) is 5.69 Å². The maximum absolute atomic E-state index is 13.0. The number of benzene rings is 2. The second-order valence-corrected chi connectivity index (χ2v) is 8.65. The lowest BCUT2D eigenvalue weighted by molar-refractivity contribution is 0.0930. The monoisotopic (exact) mass is 463 g/mol. The number of halogens is 1. The topological polar surface area (TPSA) is 80.2 Å². The van der Waals surface area contributed by atoms with E-state index in [-0.39, 0.29) is 29.0 Å². The largest absolute Gasteiger partial charge is 0.349 e. The van der Waals surface area contributed by atoms with Crippen LogP contribution < -0.4 is 16.2 Å². The minimum absolute atomic E-state index is 0.120. The molecule has 1 aromatic heterocycles. The van der Waals surface area contributed by atoms with Crippen LogP contribution in [-0.4, -0.2) is 22.4 Å². The Hall–Kier alpha value is -3.38. The first kappa shape index (κ1) is 22.8. The van der Waals surface area contributed by atoms with Crippen LogP contribution in [-0.2, 0) is 0 Å². The molecule has 4 rings (SSSR count). The van der Waals surface area contributed by atoms with Gasteiger partial charge in [-0.15, -0.1) is 0 Å². The van der Waals surface area contributed by atoms with E-state index in [1.807, 2.05) is 0 Å². The standard InChI is InChI=1S/C26H26ClN3O3/c27-23-12-6-5-10-21(23)24(31)29-19-13-15-20(16-14-19)30-17-7-11-22(26(30)33)25(32)28-18-8-3-1-2-4-9-18/h5-7,10-18H,1-4,8-9H2,(H,28,32)(H,29,31).